The molecular weight excluding hydrogens is 623 g/mol. The minimum absolute atomic E-state index is 0. The quantitative estimate of drug-likeness (QED) is 0.208. The monoisotopic (exact) mass is 649 g/mol. The molecule has 0 bridgehead atoms. The van der Waals surface area contributed by atoms with Crippen molar-refractivity contribution in [2.75, 3.05) is 0 Å². The third-order valence-electron chi connectivity index (χ3n) is 4.50. The molecule has 0 unspecified atom stereocenters. The summed E-state index contributed by atoms with van der Waals surface area (Å²) in [5.74, 6) is 4.90. The first-order chi connectivity index (χ1) is 15.3. The molecule has 2 N–H and O–H groups in total. The molecule has 0 atom stereocenters. The van der Waals surface area contributed by atoms with Crippen LogP contribution in [0.5, 0.6) is 0 Å². The molecule has 0 saturated carbocycles. The zero-order valence-corrected chi connectivity index (χ0v) is 22.1. The molecule has 0 aliphatic heterocycles. The van der Waals surface area contributed by atoms with Crippen LogP contribution in [0.4, 0.5) is 0 Å². The van der Waals surface area contributed by atoms with Gasteiger partial charge in [-0.1, -0.05) is 133 Å². The normalized spacial score (nSPS) is 9.85. The molecule has 2 nitrogen and oxygen atoms in total. The average Bonchev–Trinajstić information content (AvgIpc) is 2.85. The van der Waals surface area contributed by atoms with Gasteiger partial charge in [-0.05, 0) is 37.1 Å². The molecule has 33 heavy (non-hydrogen) atoms. The molecular formula is C28H26NOP2Pt-. The fourth-order valence-electron chi connectivity index (χ4n) is 3.13. The van der Waals surface area contributed by atoms with E-state index in [9.17, 15) is 0 Å². The minimum Gasteiger partial charge on any atom is -0.412 e. The zero-order valence-electron chi connectivity index (χ0n) is 18.1. The topological polar surface area (TPSA) is 55.3 Å². The first-order valence-electron chi connectivity index (χ1n) is 9.96. The van der Waals surface area contributed by atoms with Gasteiger partial charge < -0.3 is 12.4 Å². The molecule has 4 rings (SSSR count). The van der Waals surface area contributed by atoms with Gasteiger partial charge >= 0.3 is 0 Å². The van der Waals surface area contributed by atoms with Crippen LogP contribution in [0.2, 0.25) is 0 Å². The molecule has 0 aliphatic rings. The summed E-state index contributed by atoms with van der Waals surface area (Å²) in [6.45, 7) is 2.79. The van der Waals surface area contributed by atoms with Gasteiger partial charge in [-0.25, -0.2) is 5.26 Å². The van der Waals surface area contributed by atoms with Crippen LogP contribution in [0.3, 0.4) is 0 Å². The molecule has 5 heteroatoms. The molecule has 0 aromatic heterocycles. The van der Waals surface area contributed by atoms with E-state index in [2.05, 4.69) is 140 Å². The Hall–Kier alpha value is -2.51. The molecule has 0 fully saturated rings. The van der Waals surface area contributed by atoms with E-state index in [1.807, 2.05) is 0 Å². The number of nitrogens with zero attached hydrogens (tertiary/aromatic N) is 1. The second-order valence-corrected chi connectivity index (χ2v) is 10.7. The Morgan fingerprint density at radius 2 is 0.697 bits per heavy atom. The van der Waals surface area contributed by atoms with Crippen LogP contribution in [0.25, 0.3) is 0 Å². The van der Waals surface area contributed by atoms with Crippen molar-refractivity contribution in [2.45, 2.75) is 0 Å². The summed E-state index contributed by atoms with van der Waals surface area (Å²) in [5.41, 5.74) is 0. The molecule has 170 valence electrons. The second kappa shape index (κ2) is 16.2. The number of benzene rings is 4. The fraction of sp³-hybridized carbons (Fsp3) is 0. The van der Waals surface area contributed by atoms with E-state index in [1.54, 1.807) is 0 Å². The van der Waals surface area contributed by atoms with Gasteiger partial charge in [-0.3, -0.25) is 0 Å². The van der Waals surface area contributed by atoms with E-state index >= 15 is 0 Å². The molecule has 4 aromatic rings. The maximum Gasteiger partial charge on any atom is 0 e. The van der Waals surface area contributed by atoms with Gasteiger partial charge in [0.2, 0.25) is 0 Å². The van der Waals surface area contributed by atoms with E-state index in [0.29, 0.717) is 0 Å². The van der Waals surface area contributed by atoms with Gasteiger partial charge in [0.15, 0.2) is 0 Å². The van der Waals surface area contributed by atoms with Gasteiger partial charge in [-0.2, -0.15) is 0 Å². The minimum atomic E-state index is -0.528. The Kier molecular flexibility index (Phi) is 14.0. The van der Waals surface area contributed by atoms with Crippen LogP contribution in [-0.2, 0) is 21.1 Å². The number of rotatable bonds is 6. The molecule has 4 aromatic carbocycles. The summed E-state index contributed by atoms with van der Waals surface area (Å²) in [7, 11) is -1.06. The maximum atomic E-state index is 7.21. The molecule has 0 heterocycles. The van der Waals surface area contributed by atoms with Crippen LogP contribution in [0.15, 0.2) is 133 Å². The van der Waals surface area contributed by atoms with E-state index in [1.165, 1.54) is 27.3 Å². The Labute approximate surface area is 214 Å². The van der Waals surface area contributed by atoms with Crippen LogP contribution >= 0.6 is 15.8 Å². The third kappa shape index (κ3) is 8.74. The van der Waals surface area contributed by atoms with E-state index in [0.717, 1.165) is 0 Å². The number of nitriles is 1. The first-order valence-corrected chi connectivity index (χ1v) is 12.8. The van der Waals surface area contributed by atoms with Crippen molar-refractivity contribution in [2.24, 2.45) is 0 Å². The van der Waals surface area contributed by atoms with Crippen molar-refractivity contribution in [3.05, 3.63) is 140 Å². The Morgan fingerprint density at radius 3 is 0.879 bits per heavy atom. The maximum absolute atomic E-state index is 7.21. The van der Waals surface area contributed by atoms with Crippen molar-refractivity contribution in [3.63, 3.8) is 0 Å². The van der Waals surface area contributed by atoms with Crippen molar-refractivity contribution in [3.8, 4) is 6.07 Å². The predicted molar refractivity (Wildman–Crippen MR) is 142 cm³/mol. The van der Waals surface area contributed by atoms with Gasteiger partial charge in [0.1, 0.15) is 0 Å². The smallest absolute Gasteiger partial charge is 0 e. The van der Waals surface area contributed by atoms with E-state index in [4.69, 9.17) is 5.26 Å². The molecule has 0 aliphatic carbocycles. The van der Waals surface area contributed by atoms with Crippen molar-refractivity contribution in [1.82, 2.24) is 0 Å². The SMILES string of the molecule is C(=C/P(c1ccccc1)c1ccccc1)/P(c1ccccc1)c1ccccc1.O.[CH2-]C#N.[Pt]. The summed E-state index contributed by atoms with van der Waals surface area (Å²) in [5, 5.41) is 12.7. The van der Waals surface area contributed by atoms with Crippen molar-refractivity contribution >= 4 is 37.1 Å². The Bertz CT molecular complexity index is 938. The zero-order chi connectivity index (χ0) is 21.7. The van der Waals surface area contributed by atoms with Crippen LogP contribution in [0, 0.1) is 18.3 Å². The predicted octanol–water partition coefficient (Wildman–Crippen LogP) is 5.24. The molecule has 0 saturated heterocycles. The molecule has 0 spiro atoms. The number of hydrogen-bond acceptors (Lipinski definition) is 1. The summed E-state index contributed by atoms with van der Waals surface area (Å²) in [6.07, 6.45) is 0. The molecule has 0 amide bonds. The second-order valence-electron chi connectivity index (χ2n) is 6.54. The van der Waals surface area contributed by atoms with Gasteiger partial charge in [0.05, 0.1) is 0 Å². The Balaban J connectivity index is 0.00000103. The molecule has 0 radical (unpaired) electrons. The van der Waals surface area contributed by atoms with E-state index in [-0.39, 0.29) is 26.5 Å². The largest absolute Gasteiger partial charge is 0.412 e. The van der Waals surface area contributed by atoms with Crippen molar-refractivity contribution < 1.29 is 26.5 Å². The summed E-state index contributed by atoms with van der Waals surface area (Å²) in [4.78, 5) is 0. The van der Waals surface area contributed by atoms with E-state index < -0.39 is 15.8 Å². The van der Waals surface area contributed by atoms with Gasteiger partial charge in [-0.15, -0.1) is 6.07 Å². The first kappa shape index (κ1) is 28.5. The van der Waals surface area contributed by atoms with Crippen LogP contribution < -0.4 is 21.2 Å². The van der Waals surface area contributed by atoms with Crippen molar-refractivity contribution in [1.29, 1.82) is 5.26 Å². The third-order valence-corrected chi connectivity index (χ3v) is 9.05. The Morgan fingerprint density at radius 1 is 0.515 bits per heavy atom. The summed E-state index contributed by atoms with van der Waals surface area (Å²) < 4.78 is 0. The standard InChI is InChI=1S/C26H22P2.C2H2N.H2O.Pt/c1-5-13-23(14-6-1)27(24-15-7-2-8-16-24)21-22-28(25-17-9-3-10-18-25)26-19-11-4-12-20-26;1-2-3;;/h1-22H;1H2;1H2;/q;-1;;/b22-21-;;;. The van der Waals surface area contributed by atoms with Gasteiger partial charge in [0.25, 0.3) is 0 Å². The number of hydrogen-bond donors (Lipinski definition) is 0. The average molecular weight is 650 g/mol. The summed E-state index contributed by atoms with van der Waals surface area (Å²) in [6, 6.07) is 44.9. The van der Waals surface area contributed by atoms with Gasteiger partial charge in [0, 0.05) is 21.1 Å². The summed E-state index contributed by atoms with van der Waals surface area (Å²) >= 11 is 0. The van der Waals surface area contributed by atoms with Crippen LogP contribution in [0.1, 0.15) is 0 Å². The van der Waals surface area contributed by atoms with Crippen LogP contribution in [-0.4, -0.2) is 5.48 Å². The fourth-order valence-corrected chi connectivity index (χ4v) is 7.45.